The second-order valence-electron chi connectivity index (χ2n) is 6.11. The van der Waals surface area contributed by atoms with E-state index in [1.807, 2.05) is 0 Å². The van der Waals surface area contributed by atoms with Gasteiger partial charge < -0.3 is 5.32 Å². The fourth-order valence-electron chi connectivity index (χ4n) is 3.10. The first kappa shape index (κ1) is 13.3. The van der Waals surface area contributed by atoms with Gasteiger partial charge in [-0.15, -0.1) is 0 Å². The Bertz CT molecular complexity index is 222. The zero-order chi connectivity index (χ0) is 12.3. The highest BCUT2D eigenvalue weighted by atomic mass is 15.3. The maximum Gasteiger partial charge on any atom is 0.0220 e. The third-order valence-electron chi connectivity index (χ3n) is 4.52. The second-order valence-corrected chi connectivity index (χ2v) is 6.11. The Labute approximate surface area is 107 Å². The number of piperazine rings is 1. The minimum absolute atomic E-state index is 0.712. The molecule has 17 heavy (non-hydrogen) atoms. The first-order chi connectivity index (χ1) is 8.16. The molecule has 2 saturated heterocycles. The molecule has 1 N–H and O–H groups in total. The molecule has 2 heterocycles. The van der Waals surface area contributed by atoms with Crippen molar-refractivity contribution in [2.24, 2.45) is 5.92 Å². The summed E-state index contributed by atoms with van der Waals surface area (Å²) in [4.78, 5) is 5.24. The fraction of sp³-hybridized carbons (Fsp3) is 1.00. The molecule has 0 aromatic rings. The van der Waals surface area contributed by atoms with Crippen molar-refractivity contribution >= 4 is 0 Å². The Morgan fingerprint density at radius 1 is 1.18 bits per heavy atom. The molecule has 0 amide bonds. The Hall–Kier alpha value is -0.120. The van der Waals surface area contributed by atoms with Crippen molar-refractivity contribution in [1.29, 1.82) is 0 Å². The Morgan fingerprint density at radius 3 is 2.47 bits per heavy atom. The number of hydrogen-bond acceptors (Lipinski definition) is 3. The molecule has 0 bridgehead atoms. The molecule has 2 unspecified atom stereocenters. The van der Waals surface area contributed by atoms with Crippen molar-refractivity contribution in [3.05, 3.63) is 0 Å². The number of hydrogen-bond donors (Lipinski definition) is 1. The molecule has 0 aromatic heterocycles. The summed E-state index contributed by atoms with van der Waals surface area (Å²) in [7, 11) is 0. The van der Waals surface area contributed by atoms with Gasteiger partial charge in [-0.2, -0.15) is 0 Å². The molecule has 100 valence electrons. The van der Waals surface area contributed by atoms with Gasteiger partial charge in [0.15, 0.2) is 0 Å². The van der Waals surface area contributed by atoms with Gasteiger partial charge in [-0.1, -0.05) is 6.92 Å². The topological polar surface area (TPSA) is 18.5 Å². The third-order valence-corrected chi connectivity index (χ3v) is 4.52. The molecule has 3 nitrogen and oxygen atoms in total. The van der Waals surface area contributed by atoms with Gasteiger partial charge in [0.1, 0.15) is 0 Å². The first-order valence-electron chi connectivity index (χ1n) is 7.36. The van der Waals surface area contributed by atoms with Gasteiger partial charge in [-0.3, -0.25) is 9.80 Å². The first-order valence-corrected chi connectivity index (χ1v) is 7.36. The van der Waals surface area contributed by atoms with E-state index in [9.17, 15) is 0 Å². The lowest BCUT2D eigenvalue weighted by atomic mass is 9.92. The van der Waals surface area contributed by atoms with Crippen LogP contribution in [0.25, 0.3) is 0 Å². The molecule has 0 spiro atoms. The minimum Gasteiger partial charge on any atom is -0.312 e. The monoisotopic (exact) mass is 239 g/mol. The van der Waals surface area contributed by atoms with E-state index in [4.69, 9.17) is 0 Å². The average Bonchev–Trinajstić information content (AvgIpc) is 2.33. The molecule has 0 saturated carbocycles. The Balaban J connectivity index is 1.73. The predicted octanol–water partition coefficient (Wildman–Crippen LogP) is 1.40. The largest absolute Gasteiger partial charge is 0.312 e. The highest BCUT2D eigenvalue weighted by Crippen LogP contribution is 2.17. The molecule has 0 radical (unpaired) electrons. The van der Waals surface area contributed by atoms with Gasteiger partial charge in [0.05, 0.1) is 0 Å². The fourth-order valence-corrected chi connectivity index (χ4v) is 3.10. The standard InChI is InChI=1S/C14H29N3/c1-12(2)17-9-7-16(8-10-17)11-14-13(3)5-4-6-15-14/h12-15H,4-11H2,1-3H3. The van der Waals surface area contributed by atoms with Crippen molar-refractivity contribution in [1.82, 2.24) is 15.1 Å². The lowest BCUT2D eigenvalue weighted by molar-refractivity contribution is 0.0911. The number of piperidine rings is 1. The van der Waals surface area contributed by atoms with E-state index in [-0.39, 0.29) is 0 Å². The van der Waals surface area contributed by atoms with Crippen molar-refractivity contribution in [2.45, 2.75) is 45.7 Å². The van der Waals surface area contributed by atoms with E-state index < -0.39 is 0 Å². The van der Waals surface area contributed by atoms with E-state index in [1.54, 1.807) is 0 Å². The molecule has 2 rings (SSSR count). The number of nitrogens with one attached hydrogen (secondary N) is 1. The summed E-state index contributed by atoms with van der Waals surface area (Å²) in [6.07, 6.45) is 2.77. The zero-order valence-corrected chi connectivity index (χ0v) is 11.8. The summed E-state index contributed by atoms with van der Waals surface area (Å²) in [5, 5.41) is 3.69. The third kappa shape index (κ3) is 3.67. The molecule has 2 fully saturated rings. The van der Waals surface area contributed by atoms with Gasteiger partial charge >= 0.3 is 0 Å². The van der Waals surface area contributed by atoms with E-state index in [0.29, 0.717) is 6.04 Å². The SMILES string of the molecule is CC1CCCNC1CN1CCN(C(C)C)CC1. The quantitative estimate of drug-likeness (QED) is 0.803. The molecular weight excluding hydrogens is 210 g/mol. The summed E-state index contributed by atoms with van der Waals surface area (Å²) >= 11 is 0. The van der Waals surface area contributed by atoms with E-state index in [0.717, 1.165) is 12.0 Å². The predicted molar refractivity (Wildman–Crippen MR) is 73.3 cm³/mol. The van der Waals surface area contributed by atoms with Crippen molar-refractivity contribution in [3.8, 4) is 0 Å². The van der Waals surface area contributed by atoms with Crippen LogP contribution in [-0.4, -0.2) is 61.2 Å². The van der Waals surface area contributed by atoms with Crippen molar-refractivity contribution < 1.29 is 0 Å². The van der Waals surface area contributed by atoms with Gasteiger partial charge in [-0.05, 0) is 39.2 Å². The Morgan fingerprint density at radius 2 is 1.88 bits per heavy atom. The van der Waals surface area contributed by atoms with Crippen molar-refractivity contribution in [2.75, 3.05) is 39.3 Å². The molecule has 3 heteroatoms. The summed E-state index contributed by atoms with van der Waals surface area (Å²) in [6, 6.07) is 1.44. The highest BCUT2D eigenvalue weighted by Gasteiger charge is 2.25. The lowest BCUT2D eigenvalue weighted by Crippen LogP contribution is -2.54. The van der Waals surface area contributed by atoms with Crippen LogP contribution >= 0.6 is 0 Å². The molecular formula is C14H29N3. The van der Waals surface area contributed by atoms with Crippen LogP contribution in [0.15, 0.2) is 0 Å². The highest BCUT2D eigenvalue weighted by molar-refractivity contribution is 4.83. The van der Waals surface area contributed by atoms with Crippen LogP contribution in [0, 0.1) is 5.92 Å². The second kappa shape index (κ2) is 6.17. The molecule has 2 aliphatic rings. The summed E-state index contributed by atoms with van der Waals surface area (Å²) in [5.41, 5.74) is 0. The smallest absolute Gasteiger partial charge is 0.0220 e. The maximum atomic E-state index is 3.69. The van der Waals surface area contributed by atoms with Crippen LogP contribution in [0.1, 0.15) is 33.6 Å². The van der Waals surface area contributed by atoms with Gasteiger partial charge in [0.2, 0.25) is 0 Å². The van der Waals surface area contributed by atoms with Crippen LogP contribution < -0.4 is 5.32 Å². The van der Waals surface area contributed by atoms with E-state index in [2.05, 4.69) is 35.9 Å². The Kier molecular flexibility index (Phi) is 4.83. The van der Waals surface area contributed by atoms with Gasteiger partial charge in [0, 0.05) is 44.8 Å². The molecule has 2 atom stereocenters. The lowest BCUT2D eigenvalue weighted by Gasteiger charge is -2.40. The zero-order valence-electron chi connectivity index (χ0n) is 11.8. The van der Waals surface area contributed by atoms with Gasteiger partial charge in [0.25, 0.3) is 0 Å². The average molecular weight is 239 g/mol. The summed E-state index contributed by atoms with van der Waals surface area (Å²) in [5.74, 6) is 0.854. The molecule has 0 aromatic carbocycles. The van der Waals surface area contributed by atoms with Gasteiger partial charge in [-0.25, -0.2) is 0 Å². The minimum atomic E-state index is 0.712. The number of nitrogens with zero attached hydrogens (tertiary/aromatic N) is 2. The van der Waals surface area contributed by atoms with E-state index in [1.165, 1.54) is 52.1 Å². The normalized spacial score (nSPS) is 33.2. The van der Waals surface area contributed by atoms with E-state index >= 15 is 0 Å². The van der Waals surface area contributed by atoms with Crippen LogP contribution in [0.2, 0.25) is 0 Å². The summed E-state index contributed by atoms with van der Waals surface area (Å²) < 4.78 is 0. The number of rotatable bonds is 3. The molecule has 0 aliphatic carbocycles. The van der Waals surface area contributed by atoms with Crippen LogP contribution in [0.5, 0.6) is 0 Å². The summed E-state index contributed by atoms with van der Waals surface area (Å²) in [6.45, 7) is 14.5. The van der Waals surface area contributed by atoms with Crippen molar-refractivity contribution in [3.63, 3.8) is 0 Å². The van der Waals surface area contributed by atoms with Crippen LogP contribution in [0.4, 0.5) is 0 Å². The molecule has 2 aliphatic heterocycles. The maximum absolute atomic E-state index is 3.69. The van der Waals surface area contributed by atoms with Crippen LogP contribution in [0.3, 0.4) is 0 Å². The van der Waals surface area contributed by atoms with Crippen LogP contribution in [-0.2, 0) is 0 Å².